The first-order valence-electron chi connectivity index (χ1n) is 4.56. The van der Waals surface area contributed by atoms with Gasteiger partial charge in [-0.15, -0.1) is 0 Å². The minimum Gasteiger partial charge on any atom is -0.298 e. The maximum absolute atomic E-state index is 10.9. The summed E-state index contributed by atoms with van der Waals surface area (Å²) in [4.78, 5) is 10.9. The molecule has 0 unspecified atom stereocenters. The van der Waals surface area contributed by atoms with Crippen molar-refractivity contribution in [2.45, 2.75) is 0 Å². The maximum atomic E-state index is 10.9. The molecule has 0 aliphatic carbocycles. The quantitative estimate of drug-likeness (QED) is 0.772. The van der Waals surface area contributed by atoms with Crippen LogP contribution in [0.3, 0.4) is 0 Å². The third kappa shape index (κ3) is 1.84. The number of aldehydes is 1. The summed E-state index contributed by atoms with van der Waals surface area (Å²) in [6.07, 6.45) is 2.29. The monoisotopic (exact) mass is 254 g/mol. The fourth-order valence-corrected chi connectivity index (χ4v) is 1.84. The Hall–Kier alpha value is -1.32. The average molecular weight is 255 g/mol. The van der Waals surface area contributed by atoms with Gasteiger partial charge in [0.15, 0.2) is 6.29 Å². The number of carbonyl (C=O) groups is 1. The van der Waals surface area contributed by atoms with E-state index in [1.807, 2.05) is 0 Å². The third-order valence-corrected chi connectivity index (χ3v) is 3.03. The maximum Gasteiger partial charge on any atom is 0.153 e. The lowest BCUT2D eigenvalue weighted by Gasteiger charge is -2.04. The van der Waals surface area contributed by atoms with Crippen LogP contribution in [0.1, 0.15) is 10.4 Å². The van der Waals surface area contributed by atoms with Crippen LogP contribution < -0.4 is 0 Å². The lowest BCUT2D eigenvalue weighted by molar-refractivity contribution is 0.112. The predicted octanol–water partition coefficient (Wildman–Crippen LogP) is 3.21. The molecule has 1 aromatic carbocycles. The van der Waals surface area contributed by atoms with Crippen LogP contribution in [-0.4, -0.2) is 16.1 Å². The zero-order chi connectivity index (χ0) is 11.7. The first-order chi connectivity index (χ1) is 7.63. The average Bonchev–Trinajstić information content (AvgIpc) is 2.64. The molecule has 0 spiro atoms. The molecule has 0 N–H and O–H groups in total. The lowest BCUT2D eigenvalue weighted by Crippen LogP contribution is -1.95. The molecule has 82 valence electrons. The molecule has 5 heteroatoms. The summed E-state index contributed by atoms with van der Waals surface area (Å²) in [5.74, 6) is 0. The second-order valence-electron chi connectivity index (χ2n) is 3.32. The van der Waals surface area contributed by atoms with Crippen molar-refractivity contribution in [2.75, 3.05) is 0 Å². The topological polar surface area (TPSA) is 34.9 Å². The molecular weight excluding hydrogens is 247 g/mol. The van der Waals surface area contributed by atoms with Gasteiger partial charge in [0.05, 0.1) is 27.5 Å². The Kier molecular flexibility index (Phi) is 2.99. The minimum absolute atomic E-state index is 0.456. The number of hydrogen-bond donors (Lipinski definition) is 0. The Bertz CT molecular complexity index is 549. The highest BCUT2D eigenvalue weighted by Gasteiger charge is 2.11. The molecule has 3 nitrogen and oxygen atoms in total. The van der Waals surface area contributed by atoms with Crippen LogP contribution in [-0.2, 0) is 7.05 Å². The first kappa shape index (κ1) is 11.2. The number of benzene rings is 1. The van der Waals surface area contributed by atoms with E-state index in [1.165, 1.54) is 6.20 Å². The van der Waals surface area contributed by atoms with Gasteiger partial charge in [0.2, 0.25) is 0 Å². The van der Waals surface area contributed by atoms with Crippen LogP contribution in [0.5, 0.6) is 0 Å². The SMILES string of the molecule is Cn1ncc(C=O)c1-c1ccc(Cl)c(Cl)c1. The van der Waals surface area contributed by atoms with Crippen LogP contribution in [0, 0.1) is 0 Å². The van der Waals surface area contributed by atoms with Crippen molar-refractivity contribution < 1.29 is 4.79 Å². The Morgan fingerprint density at radius 3 is 2.69 bits per heavy atom. The van der Waals surface area contributed by atoms with E-state index in [1.54, 1.807) is 29.9 Å². The third-order valence-electron chi connectivity index (χ3n) is 2.29. The standard InChI is InChI=1S/C11H8Cl2N2O/c1-15-11(8(6-16)5-14-15)7-2-3-9(12)10(13)4-7/h2-6H,1H3. The highest BCUT2D eigenvalue weighted by molar-refractivity contribution is 6.42. The van der Waals surface area contributed by atoms with Gasteiger partial charge < -0.3 is 0 Å². The molecule has 0 aliphatic heterocycles. The van der Waals surface area contributed by atoms with Gasteiger partial charge in [-0.25, -0.2) is 0 Å². The van der Waals surface area contributed by atoms with Gasteiger partial charge in [-0.3, -0.25) is 9.48 Å². The van der Waals surface area contributed by atoms with Crippen LogP contribution in [0.15, 0.2) is 24.4 Å². The van der Waals surface area contributed by atoms with Gasteiger partial charge in [-0.05, 0) is 12.1 Å². The summed E-state index contributed by atoms with van der Waals surface area (Å²) >= 11 is 11.8. The van der Waals surface area contributed by atoms with Gasteiger partial charge >= 0.3 is 0 Å². The summed E-state index contributed by atoms with van der Waals surface area (Å²) in [6, 6.07) is 5.22. The number of rotatable bonds is 2. The first-order valence-corrected chi connectivity index (χ1v) is 5.31. The Morgan fingerprint density at radius 1 is 1.31 bits per heavy atom. The van der Waals surface area contributed by atoms with Gasteiger partial charge in [0, 0.05) is 12.6 Å². The summed E-state index contributed by atoms with van der Waals surface area (Å²) in [5, 5.41) is 4.97. The van der Waals surface area contributed by atoms with Crippen LogP contribution in [0.4, 0.5) is 0 Å². The molecule has 2 rings (SSSR count). The smallest absolute Gasteiger partial charge is 0.153 e. The summed E-state index contributed by atoms with van der Waals surface area (Å²) in [7, 11) is 1.77. The second-order valence-corrected chi connectivity index (χ2v) is 4.13. The summed E-state index contributed by atoms with van der Waals surface area (Å²) in [5.41, 5.74) is 2.07. The highest BCUT2D eigenvalue weighted by atomic mass is 35.5. The molecule has 0 saturated carbocycles. The fourth-order valence-electron chi connectivity index (χ4n) is 1.54. The normalized spacial score (nSPS) is 10.4. The van der Waals surface area contributed by atoms with E-state index in [0.717, 1.165) is 17.5 Å². The van der Waals surface area contributed by atoms with Crippen molar-refractivity contribution in [3.8, 4) is 11.3 Å². The molecule has 0 aliphatic rings. The van der Waals surface area contributed by atoms with E-state index in [-0.39, 0.29) is 0 Å². The molecule has 16 heavy (non-hydrogen) atoms. The highest BCUT2D eigenvalue weighted by Crippen LogP contribution is 2.29. The molecular formula is C11H8Cl2N2O. The van der Waals surface area contributed by atoms with Crippen molar-refractivity contribution in [3.63, 3.8) is 0 Å². The largest absolute Gasteiger partial charge is 0.298 e. The van der Waals surface area contributed by atoms with Crippen LogP contribution in [0.25, 0.3) is 11.3 Å². The van der Waals surface area contributed by atoms with Gasteiger partial charge in [-0.1, -0.05) is 29.3 Å². The fraction of sp³-hybridized carbons (Fsp3) is 0.0909. The Labute approximate surface area is 103 Å². The van der Waals surface area contributed by atoms with Gasteiger partial charge in [-0.2, -0.15) is 5.10 Å². The number of halogens is 2. The molecule has 1 aromatic heterocycles. The Balaban J connectivity index is 2.62. The van der Waals surface area contributed by atoms with E-state index in [2.05, 4.69) is 5.10 Å². The number of hydrogen-bond acceptors (Lipinski definition) is 2. The van der Waals surface area contributed by atoms with Crippen molar-refractivity contribution in [1.29, 1.82) is 0 Å². The van der Waals surface area contributed by atoms with Crippen molar-refractivity contribution >= 4 is 29.5 Å². The molecule has 0 fully saturated rings. The zero-order valence-corrected chi connectivity index (χ0v) is 9.96. The van der Waals surface area contributed by atoms with Gasteiger partial charge in [0.25, 0.3) is 0 Å². The number of nitrogens with zero attached hydrogens (tertiary/aromatic N) is 2. The zero-order valence-electron chi connectivity index (χ0n) is 8.45. The van der Waals surface area contributed by atoms with Crippen molar-refractivity contribution in [1.82, 2.24) is 9.78 Å². The molecule has 0 saturated heterocycles. The number of aromatic nitrogens is 2. The second kappa shape index (κ2) is 4.28. The molecule has 2 aromatic rings. The number of aryl methyl sites for hydroxylation is 1. The molecule has 0 atom stereocenters. The van der Waals surface area contributed by atoms with E-state index >= 15 is 0 Å². The van der Waals surface area contributed by atoms with Crippen LogP contribution in [0.2, 0.25) is 10.0 Å². The van der Waals surface area contributed by atoms with Crippen molar-refractivity contribution in [2.24, 2.45) is 7.05 Å². The molecule has 0 amide bonds. The summed E-state index contributed by atoms with van der Waals surface area (Å²) < 4.78 is 1.63. The van der Waals surface area contributed by atoms with E-state index < -0.39 is 0 Å². The predicted molar refractivity (Wildman–Crippen MR) is 64.1 cm³/mol. The summed E-state index contributed by atoms with van der Waals surface area (Å²) in [6.45, 7) is 0. The minimum atomic E-state index is 0.456. The lowest BCUT2D eigenvalue weighted by atomic mass is 10.1. The van der Waals surface area contributed by atoms with E-state index in [9.17, 15) is 4.79 Å². The molecule has 1 heterocycles. The van der Waals surface area contributed by atoms with Crippen LogP contribution >= 0.6 is 23.2 Å². The van der Waals surface area contributed by atoms with E-state index in [0.29, 0.717) is 15.6 Å². The Morgan fingerprint density at radius 2 is 2.06 bits per heavy atom. The molecule has 0 bridgehead atoms. The molecule has 0 radical (unpaired) electrons. The number of carbonyl (C=O) groups excluding carboxylic acids is 1. The van der Waals surface area contributed by atoms with E-state index in [4.69, 9.17) is 23.2 Å². The van der Waals surface area contributed by atoms with Gasteiger partial charge in [0.1, 0.15) is 0 Å². The van der Waals surface area contributed by atoms with Crippen molar-refractivity contribution in [3.05, 3.63) is 40.0 Å².